The number of carbonyl (C=O) groups is 1. The van der Waals surface area contributed by atoms with Crippen molar-refractivity contribution >= 4 is 35.6 Å². The molecule has 0 N–H and O–H groups in total. The molecule has 1 fully saturated rings. The maximum Gasteiger partial charge on any atom is 0.261 e. The van der Waals surface area contributed by atoms with Crippen LogP contribution in [0.3, 0.4) is 0 Å². The van der Waals surface area contributed by atoms with Gasteiger partial charge in [0.2, 0.25) is 5.12 Å². The van der Waals surface area contributed by atoms with Gasteiger partial charge >= 0.3 is 0 Å². The van der Waals surface area contributed by atoms with Crippen molar-refractivity contribution in [2.75, 3.05) is 6.61 Å². The molecule has 0 aliphatic carbocycles. The van der Waals surface area contributed by atoms with Crippen LogP contribution in [0, 0.1) is 0 Å². The van der Waals surface area contributed by atoms with Crippen molar-refractivity contribution in [3.05, 3.63) is 60.7 Å². The Labute approximate surface area is 160 Å². The van der Waals surface area contributed by atoms with Crippen molar-refractivity contribution in [1.29, 1.82) is 0 Å². The highest BCUT2D eigenvalue weighted by atomic mass is 32.2. The second kappa shape index (κ2) is 7.67. The number of hydrogen-bond donors (Lipinski definition) is 0. The first-order chi connectivity index (χ1) is 12.3. The molecule has 0 unspecified atom stereocenters. The van der Waals surface area contributed by atoms with E-state index in [4.69, 9.17) is 4.43 Å². The lowest BCUT2D eigenvalue weighted by atomic mass is 10.2. The van der Waals surface area contributed by atoms with Gasteiger partial charge in [0.05, 0.1) is 0 Å². The summed E-state index contributed by atoms with van der Waals surface area (Å²) in [5.41, 5.74) is 0. The Hall–Kier alpha value is -1.43. The molecule has 2 aromatic carbocycles. The van der Waals surface area contributed by atoms with E-state index in [9.17, 15) is 9.18 Å². The second-order valence-electron chi connectivity index (χ2n) is 7.74. The van der Waals surface area contributed by atoms with Gasteiger partial charge in [-0.1, -0.05) is 93.2 Å². The fraction of sp³-hybridized carbons (Fsp3) is 0.381. The first-order valence-corrected chi connectivity index (χ1v) is 11.7. The van der Waals surface area contributed by atoms with Crippen molar-refractivity contribution in [3.8, 4) is 0 Å². The van der Waals surface area contributed by atoms with Gasteiger partial charge in [-0.15, -0.1) is 0 Å². The summed E-state index contributed by atoms with van der Waals surface area (Å²) in [6, 6.07) is 20.7. The Morgan fingerprint density at radius 1 is 1.04 bits per heavy atom. The van der Waals surface area contributed by atoms with Crippen LogP contribution in [0.1, 0.15) is 27.2 Å². The summed E-state index contributed by atoms with van der Waals surface area (Å²) in [5, 5.41) is 1.81. The Balaban J connectivity index is 2.02. The summed E-state index contributed by atoms with van der Waals surface area (Å²) in [6.07, 6.45) is -1.10. The number of halogens is 1. The molecule has 0 radical (unpaired) electrons. The Morgan fingerprint density at radius 3 is 1.92 bits per heavy atom. The highest BCUT2D eigenvalue weighted by Crippen LogP contribution is 2.38. The molecule has 5 heteroatoms. The van der Waals surface area contributed by atoms with Crippen LogP contribution in [0.5, 0.6) is 0 Å². The van der Waals surface area contributed by atoms with Crippen LogP contribution in [0.2, 0.25) is 5.04 Å². The fourth-order valence-corrected chi connectivity index (χ4v) is 9.40. The lowest BCUT2D eigenvalue weighted by molar-refractivity contribution is -0.114. The highest BCUT2D eigenvalue weighted by molar-refractivity contribution is 8.14. The van der Waals surface area contributed by atoms with Crippen LogP contribution >= 0.6 is 11.8 Å². The first-order valence-electron chi connectivity index (χ1n) is 8.94. The van der Waals surface area contributed by atoms with Crippen LogP contribution in [-0.2, 0) is 9.22 Å². The van der Waals surface area contributed by atoms with Gasteiger partial charge in [0, 0.05) is 18.3 Å². The monoisotopic (exact) mass is 388 g/mol. The summed E-state index contributed by atoms with van der Waals surface area (Å²) >= 11 is 1.10. The van der Waals surface area contributed by atoms with Gasteiger partial charge in [0.25, 0.3) is 8.32 Å². The average Bonchev–Trinajstić information content (AvgIpc) is 2.94. The van der Waals surface area contributed by atoms with Crippen LogP contribution in [0.15, 0.2) is 60.7 Å². The lowest BCUT2D eigenvalue weighted by Crippen LogP contribution is -2.67. The highest BCUT2D eigenvalue weighted by Gasteiger charge is 2.50. The van der Waals surface area contributed by atoms with E-state index in [1.54, 1.807) is 0 Å². The van der Waals surface area contributed by atoms with Crippen molar-refractivity contribution in [2.45, 2.75) is 43.7 Å². The molecule has 1 aliphatic rings. The molecule has 1 aliphatic heterocycles. The molecule has 2 nitrogen and oxygen atoms in total. The molecule has 26 heavy (non-hydrogen) atoms. The summed E-state index contributed by atoms with van der Waals surface area (Å²) in [7, 11) is -2.61. The minimum atomic E-state index is -2.61. The van der Waals surface area contributed by atoms with E-state index in [0.717, 1.165) is 11.8 Å². The van der Waals surface area contributed by atoms with E-state index in [2.05, 4.69) is 45.0 Å². The summed E-state index contributed by atoms with van der Waals surface area (Å²) in [5.74, 6) is 0. The zero-order valence-corrected chi connectivity index (χ0v) is 17.3. The second-order valence-corrected chi connectivity index (χ2v) is 13.3. The number of benzene rings is 2. The van der Waals surface area contributed by atoms with Crippen LogP contribution in [0.25, 0.3) is 0 Å². The first kappa shape index (κ1) is 19.3. The van der Waals surface area contributed by atoms with Crippen molar-refractivity contribution < 1.29 is 13.6 Å². The van der Waals surface area contributed by atoms with E-state index < -0.39 is 14.5 Å². The zero-order chi connectivity index (χ0) is 18.8. The van der Waals surface area contributed by atoms with Gasteiger partial charge in [-0.05, 0) is 15.4 Å². The van der Waals surface area contributed by atoms with E-state index in [-0.39, 0.29) is 21.8 Å². The molecule has 3 rings (SSSR count). The van der Waals surface area contributed by atoms with Gasteiger partial charge in [0.15, 0.2) is 6.17 Å². The molecule has 2 atom stereocenters. The van der Waals surface area contributed by atoms with Crippen molar-refractivity contribution in [3.63, 3.8) is 0 Å². The molecule has 0 spiro atoms. The van der Waals surface area contributed by atoms with E-state index >= 15 is 0 Å². The lowest BCUT2D eigenvalue weighted by Gasteiger charge is -2.43. The van der Waals surface area contributed by atoms with Gasteiger partial charge in [0.1, 0.15) is 0 Å². The Bertz CT molecular complexity index is 706. The Morgan fingerprint density at radius 2 is 1.54 bits per heavy atom. The quantitative estimate of drug-likeness (QED) is 0.726. The van der Waals surface area contributed by atoms with E-state index in [1.807, 2.05) is 36.4 Å². The number of thioether (sulfide) groups is 1. The van der Waals surface area contributed by atoms with Crippen LogP contribution in [-0.4, -0.2) is 31.5 Å². The normalized spacial score (nSPS) is 21.2. The fourth-order valence-electron chi connectivity index (χ4n) is 3.69. The van der Waals surface area contributed by atoms with Gasteiger partial charge in [-0.2, -0.15) is 0 Å². The zero-order valence-electron chi connectivity index (χ0n) is 15.4. The number of alkyl halides is 1. The van der Waals surface area contributed by atoms with E-state index in [0.29, 0.717) is 6.61 Å². The molecule has 1 heterocycles. The van der Waals surface area contributed by atoms with Crippen LogP contribution in [0.4, 0.5) is 4.39 Å². The topological polar surface area (TPSA) is 26.3 Å². The maximum absolute atomic E-state index is 13.7. The smallest absolute Gasteiger partial charge is 0.261 e. The minimum absolute atomic E-state index is 0.112. The molecular weight excluding hydrogens is 363 g/mol. The van der Waals surface area contributed by atoms with Crippen molar-refractivity contribution in [1.82, 2.24) is 0 Å². The third-order valence-electron chi connectivity index (χ3n) is 4.91. The minimum Gasteiger partial charge on any atom is -0.406 e. The molecule has 2 aromatic rings. The third-order valence-corrected chi connectivity index (χ3v) is 11.1. The molecule has 0 amide bonds. The third kappa shape index (κ3) is 3.66. The van der Waals surface area contributed by atoms with Crippen molar-refractivity contribution in [2.24, 2.45) is 0 Å². The SMILES string of the molecule is CC(C)(C)[Si](OC[C@H]1C[C@@H](F)C(=O)S1)(c1ccccc1)c1ccccc1. The average molecular weight is 389 g/mol. The molecule has 1 saturated heterocycles. The predicted octanol–water partition coefficient (Wildman–Crippen LogP) is 3.93. The van der Waals surface area contributed by atoms with Crippen LogP contribution < -0.4 is 10.4 Å². The molecule has 0 bridgehead atoms. The molecule has 138 valence electrons. The molecule has 0 saturated carbocycles. The largest absolute Gasteiger partial charge is 0.406 e. The maximum atomic E-state index is 13.7. The Kier molecular flexibility index (Phi) is 5.70. The summed E-state index contributed by atoms with van der Waals surface area (Å²) in [4.78, 5) is 11.6. The molecular formula is C21H25FO2SSi. The van der Waals surface area contributed by atoms with E-state index in [1.165, 1.54) is 10.4 Å². The summed E-state index contributed by atoms with van der Waals surface area (Å²) < 4.78 is 20.4. The molecule has 0 aromatic heterocycles. The summed E-state index contributed by atoms with van der Waals surface area (Å²) in [6.45, 7) is 7.03. The van der Waals surface area contributed by atoms with Gasteiger partial charge in [-0.25, -0.2) is 4.39 Å². The van der Waals surface area contributed by atoms with Gasteiger partial charge < -0.3 is 4.43 Å². The predicted molar refractivity (Wildman–Crippen MR) is 109 cm³/mol. The standard InChI is InChI=1S/C21H25FO2SSi/c1-21(2,3)26(17-10-6-4-7-11-17,18-12-8-5-9-13-18)24-15-16-14-19(22)20(23)25-16/h4-13,16,19H,14-15H2,1-3H3/t16-,19-/m1/s1. The van der Waals surface area contributed by atoms with Gasteiger partial charge in [-0.3, -0.25) is 4.79 Å². The number of carbonyl (C=O) groups excluding carboxylic acids is 1. The number of rotatable bonds is 5. The number of hydrogen-bond acceptors (Lipinski definition) is 3.